The summed E-state index contributed by atoms with van der Waals surface area (Å²) >= 11 is 0. The van der Waals surface area contributed by atoms with Gasteiger partial charge < -0.3 is 15.8 Å². The maximum absolute atomic E-state index is 11.1. The molecule has 2 aromatic carbocycles. The number of amides is 1. The Morgan fingerprint density at radius 1 is 1.20 bits per heavy atom. The number of ether oxygens (including phenoxy) is 1. The van der Waals surface area contributed by atoms with Gasteiger partial charge in [-0.2, -0.15) is 5.26 Å². The number of nitriles is 1. The molecule has 2 aromatic rings. The molecular weight excluding hydrogens is 254 g/mol. The first-order chi connectivity index (χ1) is 9.58. The molecule has 0 aliphatic rings. The number of carbonyl (C=O) groups is 1. The van der Waals surface area contributed by atoms with Crippen LogP contribution in [0.3, 0.4) is 0 Å². The molecule has 0 saturated carbocycles. The van der Waals surface area contributed by atoms with Crippen LogP contribution in [0.4, 0.5) is 11.4 Å². The van der Waals surface area contributed by atoms with E-state index in [1.54, 1.807) is 42.5 Å². The highest BCUT2D eigenvalue weighted by Crippen LogP contribution is 2.28. The third-order valence-corrected chi connectivity index (χ3v) is 2.55. The molecule has 0 unspecified atom stereocenters. The Labute approximate surface area is 116 Å². The number of rotatable bonds is 3. The highest BCUT2D eigenvalue weighted by atomic mass is 16.5. The van der Waals surface area contributed by atoms with Crippen molar-refractivity contribution in [2.45, 2.75) is 6.92 Å². The summed E-state index contributed by atoms with van der Waals surface area (Å²) in [5, 5.41) is 11.4. The molecule has 0 radical (unpaired) electrons. The Hall–Kier alpha value is -3.00. The summed E-state index contributed by atoms with van der Waals surface area (Å²) < 4.78 is 5.64. The molecular formula is C15H13N3O2. The van der Waals surface area contributed by atoms with Crippen molar-refractivity contribution in [1.82, 2.24) is 0 Å². The smallest absolute Gasteiger partial charge is 0.221 e. The lowest BCUT2D eigenvalue weighted by atomic mass is 10.2. The first-order valence-electron chi connectivity index (χ1n) is 5.93. The van der Waals surface area contributed by atoms with Crippen molar-refractivity contribution in [2.75, 3.05) is 11.1 Å². The molecule has 5 heteroatoms. The SMILES string of the molecule is CC(=O)Nc1cc(Oc2ccc(C#N)cc2)ccc1N. The van der Waals surface area contributed by atoms with Gasteiger partial charge in [0, 0.05) is 13.0 Å². The fourth-order valence-corrected chi connectivity index (χ4v) is 1.63. The van der Waals surface area contributed by atoms with Crippen molar-refractivity contribution >= 4 is 17.3 Å². The van der Waals surface area contributed by atoms with Crippen LogP contribution in [0.25, 0.3) is 0 Å². The molecule has 0 aliphatic heterocycles. The van der Waals surface area contributed by atoms with Crippen molar-refractivity contribution in [3.05, 3.63) is 48.0 Å². The fourth-order valence-electron chi connectivity index (χ4n) is 1.63. The lowest BCUT2D eigenvalue weighted by Crippen LogP contribution is -2.08. The number of hydrogen-bond donors (Lipinski definition) is 2. The lowest BCUT2D eigenvalue weighted by molar-refractivity contribution is -0.114. The van der Waals surface area contributed by atoms with E-state index in [1.807, 2.05) is 6.07 Å². The summed E-state index contributed by atoms with van der Waals surface area (Å²) in [5.41, 5.74) is 7.29. The predicted molar refractivity (Wildman–Crippen MR) is 76.4 cm³/mol. The Bertz CT molecular complexity index is 673. The Balaban J connectivity index is 2.20. The number of nitrogens with zero attached hydrogens (tertiary/aromatic N) is 1. The molecule has 0 fully saturated rings. The summed E-state index contributed by atoms with van der Waals surface area (Å²) in [6.45, 7) is 1.41. The Morgan fingerprint density at radius 3 is 2.45 bits per heavy atom. The lowest BCUT2D eigenvalue weighted by Gasteiger charge is -2.10. The van der Waals surface area contributed by atoms with Gasteiger partial charge in [-0.3, -0.25) is 4.79 Å². The van der Waals surface area contributed by atoms with Crippen LogP contribution >= 0.6 is 0 Å². The minimum Gasteiger partial charge on any atom is -0.457 e. The van der Waals surface area contributed by atoms with Crippen LogP contribution < -0.4 is 15.8 Å². The third-order valence-electron chi connectivity index (χ3n) is 2.55. The number of hydrogen-bond acceptors (Lipinski definition) is 4. The first kappa shape index (κ1) is 13.4. The third kappa shape index (κ3) is 3.27. The number of nitrogens with one attached hydrogen (secondary N) is 1. The standard InChI is InChI=1S/C15H13N3O2/c1-10(19)18-15-8-13(6-7-14(15)17)20-12-4-2-11(9-16)3-5-12/h2-8H,17H2,1H3,(H,18,19). The van der Waals surface area contributed by atoms with Crippen molar-refractivity contribution in [1.29, 1.82) is 5.26 Å². The van der Waals surface area contributed by atoms with Gasteiger partial charge in [-0.15, -0.1) is 0 Å². The normalized spacial score (nSPS) is 9.60. The van der Waals surface area contributed by atoms with E-state index in [4.69, 9.17) is 15.7 Å². The van der Waals surface area contributed by atoms with E-state index in [0.717, 1.165) is 0 Å². The van der Waals surface area contributed by atoms with Gasteiger partial charge in [0.15, 0.2) is 0 Å². The molecule has 3 N–H and O–H groups in total. The molecule has 20 heavy (non-hydrogen) atoms. The second-order valence-electron chi connectivity index (χ2n) is 4.17. The van der Waals surface area contributed by atoms with Crippen LogP contribution in [-0.4, -0.2) is 5.91 Å². The molecule has 2 rings (SSSR count). The van der Waals surface area contributed by atoms with E-state index in [-0.39, 0.29) is 5.91 Å². The van der Waals surface area contributed by atoms with Crippen LogP contribution in [0.2, 0.25) is 0 Å². The van der Waals surface area contributed by atoms with Gasteiger partial charge in [0.1, 0.15) is 11.5 Å². The molecule has 0 atom stereocenters. The van der Waals surface area contributed by atoms with Crippen molar-refractivity contribution in [3.8, 4) is 17.6 Å². The largest absolute Gasteiger partial charge is 0.457 e. The summed E-state index contributed by atoms with van der Waals surface area (Å²) in [6.07, 6.45) is 0. The molecule has 0 aliphatic carbocycles. The summed E-state index contributed by atoms with van der Waals surface area (Å²) in [5.74, 6) is 0.947. The molecule has 0 aromatic heterocycles. The van der Waals surface area contributed by atoms with E-state index in [9.17, 15) is 4.79 Å². The maximum atomic E-state index is 11.1. The van der Waals surface area contributed by atoms with E-state index in [1.165, 1.54) is 6.92 Å². The van der Waals surface area contributed by atoms with Gasteiger partial charge in [0.2, 0.25) is 5.91 Å². The van der Waals surface area contributed by atoms with Gasteiger partial charge in [-0.25, -0.2) is 0 Å². The van der Waals surface area contributed by atoms with E-state index < -0.39 is 0 Å². The predicted octanol–water partition coefficient (Wildman–Crippen LogP) is 2.89. The number of anilines is 2. The quantitative estimate of drug-likeness (QED) is 0.837. The number of nitrogens with two attached hydrogens (primary N) is 1. The Kier molecular flexibility index (Phi) is 3.87. The van der Waals surface area contributed by atoms with E-state index >= 15 is 0 Å². The second-order valence-corrected chi connectivity index (χ2v) is 4.17. The van der Waals surface area contributed by atoms with E-state index in [2.05, 4.69) is 5.32 Å². The van der Waals surface area contributed by atoms with Crippen LogP contribution in [0.1, 0.15) is 12.5 Å². The molecule has 0 saturated heterocycles. The van der Waals surface area contributed by atoms with Gasteiger partial charge >= 0.3 is 0 Å². The molecule has 0 bridgehead atoms. The molecule has 5 nitrogen and oxygen atoms in total. The average Bonchev–Trinajstić information content (AvgIpc) is 2.43. The topological polar surface area (TPSA) is 88.1 Å². The Morgan fingerprint density at radius 2 is 1.85 bits per heavy atom. The average molecular weight is 267 g/mol. The summed E-state index contributed by atoms with van der Waals surface area (Å²) in [6, 6.07) is 13.8. The van der Waals surface area contributed by atoms with Crippen LogP contribution in [-0.2, 0) is 4.79 Å². The maximum Gasteiger partial charge on any atom is 0.221 e. The molecule has 100 valence electrons. The van der Waals surface area contributed by atoms with Crippen LogP contribution in [0, 0.1) is 11.3 Å². The zero-order valence-corrected chi connectivity index (χ0v) is 10.9. The van der Waals surface area contributed by atoms with Crippen LogP contribution in [0.5, 0.6) is 11.5 Å². The van der Waals surface area contributed by atoms with Crippen molar-refractivity contribution < 1.29 is 9.53 Å². The van der Waals surface area contributed by atoms with Gasteiger partial charge in [-0.1, -0.05) is 0 Å². The van der Waals surface area contributed by atoms with Crippen molar-refractivity contribution in [2.24, 2.45) is 0 Å². The molecule has 1 amide bonds. The zero-order valence-electron chi connectivity index (χ0n) is 10.9. The monoisotopic (exact) mass is 267 g/mol. The minimum atomic E-state index is -0.202. The first-order valence-corrected chi connectivity index (χ1v) is 5.93. The molecule has 0 spiro atoms. The van der Waals surface area contributed by atoms with E-state index in [0.29, 0.717) is 28.4 Å². The highest BCUT2D eigenvalue weighted by Gasteiger charge is 2.04. The minimum absolute atomic E-state index is 0.202. The summed E-state index contributed by atoms with van der Waals surface area (Å²) in [4.78, 5) is 11.1. The number of nitrogen functional groups attached to an aromatic ring is 1. The van der Waals surface area contributed by atoms with Gasteiger partial charge in [0.25, 0.3) is 0 Å². The second kappa shape index (κ2) is 5.76. The number of benzene rings is 2. The van der Waals surface area contributed by atoms with Gasteiger partial charge in [-0.05, 0) is 36.4 Å². The zero-order chi connectivity index (χ0) is 14.5. The van der Waals surface area contributed by atoms with Crippen LogP contribution in [0.15, 0.2) is 42.5 Å². The highest BCUT2D eigenvalue weighted by molar-refractivity contribution is 5.92. The van der Waals surface area contributed by atoms with Gasteiger partial charge in [0.05, 0.1) is 23.0 Å². The summed E-state index contributed by atoms with van der Waals surface area (Å²) in [7, 11) is 0. The molecule has 0 heterocycles. The fraction of sp³-hybridized carbons (Fsp3) is 0.0667. The van der Waals surface area contributed by atoms with Crippen molar-refractivity contribution in [3.63, 3.8) is 0 Å². The number of carbonyl (C=O) groups excluding carboxylic acids is 1.